The lowest BCUT2D eigenvalue weighted by Crippen LogP contribution is -2.48. The number of aldehydes is 1. The molecule has 10 fully saturated rings. The summed E-state index contributed by atoms with van der Waals surface area (Å²) in [5, 5.41) is 83.7. The van der Waals surface area contributed by atoms with E-state index in [0.29, 0.717) is 92.9 Å². The Morgan fingerprint density at radius 2 is 0.860 bits per heavy atom. The first-order chi connectivity index (χ1) is 70.3. The van der Waals surface area contributed by atoms with E-state index in [1.165, 1.54) is 34.8 Å². The van der Waals surface area contributed by atoms with Gasteiger partial charge in [-0.05, 0) is 28.9 Å². The molecule has 0 aliphatic carbocycles. The zero-order valence-electron chi connectivity index (χ0n) is 78.8. The van der Waals surface area contributed by atoms with Crippen molar-refractivity contribution in [3.63, 3.8) is 0 Å². The fraction of sp³-hybridized carbons (Fsp3) is 0.337. The molecule has 754 valence electrons. The smallest absolute Gasteiger partial charge is 0.275 e. The number of nitrogen functional groups attached to an aromatic ring is 1. The molecule has 0 bridgehead atoms. The summed E-state index contributed by atoms with van der Waals surface area (Å²) in [7, 11) is 0.333. The van der Waals surface area contributed by atoms with E-state index >= 15 is 0 Å². The maximum Gasteiger partial charge on any atom is 0.275 e. The van der Waals surface area contributed by atoms with Crippen LogP contribution in [0.1, 0.15) is 65.7 Å². The summed E-state index contributed by atoms with van der Waals surface area (Å²) in [6, 6.07) is 81.9. The molecule has 8 aromatic carbocycles. The molecule has 10 aliphatic rings. The molecule has 24 atom stereocenters. The summed E-state index contributed by atoms with van der Waals surface area (Å²) in [4.78, 5) is 70.7. The van der Waals surface area contributed by atoms with Crippen LogP contribution in [0.3, 0.4) is 0 Å². The van der Waals surface area contributed by atoms with Crippen LogP contribution < -0.4 is 48.5 Å². The number of anilines is 3. The number of carbonyl (C=O) groups is 1. The molecule has 0 saturated carbocycles. The van der Waals surface area contributed by atoms with Gasteiger partial charge >= 0.3 is 0 Å². The Hall–Kier alpha value is -12.0. The summed E-state index contributed by atoms with van der Waals surface area (Å²) in [5.74, 6) is -0.118. The van der Waals surface area contributed by atoms with Crippen molar-refractivity contribution in [1.29, 1.82) is 1.28 Å². The molecule has 14 aromatic rings. The van der Waals surface area contributed by atoms with Crippen molar-refractivity contribution >= 4 is 94.6 Å². The number of fused-ring (bicyclic) bond motifs is 7. The number of ether oxygens (including phenoxy) is 14. The third-order valence-corrected chi connectivity index (χ3v) is 28.8. The van der Waals surface area contributed by atoms with Crippen LogP contribution in [0.4, 0.5) is 17.1 Å². The van der Waals surface area contributed by atoms with E-state index in [2.05, 4.69) is 136 Å². The highest BCUT2D eigenvalue weighted by atomic mass is 31.2. The lowest BCUT2D eigenvalue weighted by Gasteiger charge is -2.36. The molecule has 17 N–H and O–H groups in total. The number of H-pyrrole nitrogens is 6. The van der Waals surface area contributed by atoms with E-state index in [9.17, 15) is 44.7 Å². The molecule has 16 heterocycles. The van der Waals surface area contributed by atoms with Crippen LogP contribution in [0, 0.1) is 23.7 Å². The summed E-state index contributed by atoms with van der Waals surface area (Å²) < 4.78 is 85.0. The first kappa shape index (κ1) is 102. The molecule has 10 aliphatic heterocycles. The predicted molar refractivity (Wildman–Crippen MR) is 536 cm³/mol. The highest BCUT2D eigenvalue weighted by Gasteiger charge is 2.51. The van der Waals surface area contributed by atoms with Gasteiger partial charge in [0.1, 0.15) is 88.8 Å². The Kier molecular flexibility index (Phi) is 35.8. The van der Waals surface area contributed by atoms with Gasteiger partial charge in [0.2, 0.25) is 0 Å². The second-order valence-corrected chi connectivity index (χ2v) is 37.6. The van der Waals surface area contributed by atoms with E-state index in [4.69, 9.17) is 94.9 Å². The average molecular weight is 2000 g/mol. The minimum Gasteiger partial charge on any atom is -0.396 e. The number of aliphatic hydroxyl groups is 8. The Balaban J connectivity index is 0.000000119. The summed E-state index contributed by atoms with van der Waals surface area (Å²) >= 11 is 0. The van der Waals surface area contributed by atoms with Crippen LogP contribution in [0.2, 0.25) is 0 Å². The van der Waals surface area contributed by atoms with Crippen LogP contribution in [0.15, 0.2) is 301 Å². The number of aliphatic hydroxyl groups excluding tert-OH is 8. The zero-order valence-corrected chi connectivity index (χ0v) is 79.7. The van der Waals surface area contributed by atoms with Crippen LogP contribution in [0.5, 0.6) is 0 Å². The third kappa shape index (κ3) is 24.6. The average Bonchev–Trinajstić information content (AvgIpc) is 1.23. The monoisotopic (exact) mass is 2000 g/mol. The van der Waals surface area contributed by atoms with E-state index < -0.39 is 81.3 Å². The van der Waals surface area contributed by atoms with Gasteiger partial charge in [-0.3, -0.25) is 14.4 Å². The van der Waals surface area contributed by atoms with Gasteiger partial charge in [0, 0.05) is 101 Å². The molecule has 143 heavy (non-hydrogen) atoms. The number of nitrogens with zero attached hydrogens (tertiary/aromatic N) is 3. The van der Waals surface area contributed by atoms with E-state index in [1.807, 2.05) is 158 Å². The number of rotatable bonds is 18. The second kappa shape index (κ2) is 50.0. The number of nitrogens with two attached hydrogens (primary N) is 1. The molecular formula is C104H117N11O26P2. The first-order valence-corrected chi connectivity index (χ1v) is 49.7. The number of nitrogens with one attached hydrogen (secondary N) is 7. The van der Waals surface area contributed by atoms with Gasteiger partial charge in [0.05, 0.1) is 83.9 Å². The van der Waals surface area contributed by atoms with Crippen LogP contribution >= 0.6 is 16.1 Å². The van der Waals surface area contributed by atoms with Crippen molar-refractivity contribution < 1.29 is 112 Å². The number of aromatic amines is 6. The Morgan fingerprint density at radius 3 is 1.31 bits per heavy atom. The van der Waals surface area contributed by atoms with E-state index in [0.717, 1.165) is 39.8 Å². The van der Waals surface area contributed by atoms with Crippen molar-refractivity contribution in [2.24, 2.45) is 23.7 Å². The lowest BCUT2D eigenvalue weighted by molar-refractivity contribution is -0.277. The number of pyridine rings is 1. The van der Waals surface area contributed by atoms with Crippen molar-refractivity contribution in [1.82, 2.24) is 39.9 Å². The Bertz CT molecular complexity index is 6440. The SMILES string of the molecule is C=P(c1ccccc1)(c1ccccc1)c1ccccc1.Nc1c[nH]c2c(=O)[nH]cnc12.O=CC[C@H]1CO[C@@H]2OC(c3ccccc3)OC12.O=c1[nH]ccc2c(N3C[C@H](CO)[C@H](O)C3O)c[nH]c12.O=c1[nH]cnc2c(NC[C@H]3CO[C@@H]4OC(c5ccccc5)OC34)c[nH]c12.OCC(O)C1OC(c2ccccc2)OCC1O.OC[C@H]1CO[C@@H]2OC(c3ccccc3)OC12.O[C@@H]1CO[C@@H]2OC(c3ccccc3)OC21.[2H]PC. The molecule has 0 spiro atoms. The van der Waals surface area contributed by atoms with Gasteiger partial charge < -0.3 is 158 Å². The maximum absolute atomic E-state index is 11.8. The molecule has 0 radical (unpaired) electrons. The topological polar surface area (TPSA) is 521 Å². The van der Waals surface area contributed by atoms with Gasteiger partial charge in [-0.2, -0.15) is 0 Å². The van der Waals surface area contributed by atoms with Gasteiger partial charge in [-0.25, -0.2) is 9.97 Å². The van der Waals surface area contributed by atoms with Gasteiger partial charge in [0.25, 0.3) is 16.7 Å². The number of aromatic nitrogens is 8. The number of benzene rings is 8. The lowest BCUT2D eigenvalue weighted by atomic mass is 10.0. The highest BCUT2D eigenvalue weighted by Crippen LogP contribution is 2.46. The number of hydrogen-bond acceptors (Lipinski definition) is 31. The Morgan fingerprint density at radius 1 is 0.469 bits per heavy atom. The maximum atomic E-state index is 11.8. The summed E-state index contributed by atoms with van der Waals surface area (Å²) in [6.07, 6.45) is 5.33. The first-order valence-electron chi connectivity index (χ1n) is 47.2. The normalized spacial score (nSPS) is 27.5. The summed E-state index contributed by atoms with van der Waals surface area (Å²) in [5.41, 5.74) is 13.9. The van der Waals surface area contributed by atoms with Crippen molar-refractivity contribution in [3.05, 3.63) is 345 Å². The van der Waals surface area contributed by atoms with Crippen molar-refractivity contribution in [2.75, 3.05) is 88.6 Å². The van der Waals surface area contributed by atoms with Crippen LogP contribution in [-0.4, -0.2) is 254 Å². The molecule has 10 saturated heterocycles. The fourth-order valence-corrected chi connectivity index (χ4v) is 20.6. The van der Waals surface area contributed by atoms with E-state index in [-0.39, 0.29) is 117 Å². The van der Waals surface area contributed by atoms with Gasteiger partial charge in [-0.15, -0.1) is 9.18 Å². The zero-order chi connectivity index (χ0) is 101. The molecule has 6 aromatic heterocycles. The Labute approximate surface area is 824 Å². The fourth-order valence-electron chi connectivity index (χ4n) is 17.7. The molecule has 14 unspecified atom stereocenters. The van der Waals surface area contributed by atoms with Gasteiger partial charge in [-0.1, -0.05) is 256 Å². The van der Waals surface area contributed by atoms with Crippen molar-refractivity contribution in [3.8, 4) is 0 Å². The van der Waals surface area contributed by atoms with Crippen LogP contribution in [0.25, 0.3) is 33.0 Å². The minimum absolute atomic E-state index is 0.0266. The standard InChI is InChI=1S/C19H17P.C18H18N4O4.C13H14O4.C12H15N3O4.C12H16O5.C12H14O4.C11H12O4.C6H6N4O.CH5P/c1-20(17-11-5-2-6-12-17,18-13-7-3-8-14-18)19-15-9-4-10-16-19;23-16-14-13(21-9-22-16)12(7-20-14)19-6-11-8-24-18-15(11)25-17(26-18)10-4-2-1-3-5-10;14-7-6-10-8-15-13-11(10)16-12(17-13)9-4-2-1-3-5-9;16-5-6-4-15(12(19)10(6)17)8-3-14-9-7(8)1-2-13-11(9)18;13-6-9(14)11-10(15)7-16-12(17-11)8-4-2-1-3-5-8;13-6-9-7-14-12-10(9)15-11(16-12)8-4-2-1-3-5-8;12-8-6-13-11-9(8)14-10(15-11)7-4-2-1-3-5-7;7-3-1-8-5-4(3)9-2-10-6(5)11;1-2/h2-16H,1H2;1-5,7,9,11,15,17-20H,6,8H2,(H,21,22,23);1-5,7,10-13H,6,8H2;1-3,6,10,12,14,16-17,19H,4-5H2,(H,13,18);1-5,9-15H,6-7H2;1-5,9-13H,6-7H2;1-5,8-12H,6H2;1-2,8H,7H2,(H,9,10,11);2H2,1H3/t;11-,15?,17?,18+;10-,11?,12?,13+;6-,10+,12?;;9-,10?,11?,12+;8-,9?,10?,11-;;/m.001.01../s1/i;;;;;;;;2D. The predicted octanol–water partition coefficient (Wildman–Crippen LogP) is 7.81. The van der Waals surface area contributed by atoms with Crippen LogP contribution in [-0.2, 0) is 71.1 Å². The second-order valence-electron chi connectivity index (χ2n) is 34.5. The number of hydrogen-bond donors (Lipinski definition) is 16. The molecule has 0 amide bonds. The number of carbonyl (C=O) groups excluding carboxylic acids is 1. The van der Waals surface area contributed by atoms with Crippen molar-refractivity contribution in [2.45, 2.75) is 124 Å². The molecule has 37 nitrogen and oxygen atoms in total. The molecular weight excluding hydrogens is 1880 g/mol. The molecule has 39 heteroatoms. The summed E-state index contributed by atoms with van der Waals surface area (Å²) in [6.45, 7) is 2.39. The third-order valence-electron chi connectivity index (χ3n) is 25.3. The van der Waals surface area contributed by atoms with E-state index in [1.54, 1.807) is 29.6 Å². The quantitative estimate of drug-likeness (QED) is 0.0287. The minimum atomic E-state index is -1.78. The highest BCUT2D eigenvalue weighted by molar-refractivity contribution is 7.93. The largest absolute Gasteiger partial charge is 0.396 e. The molecule has 24 rings (SSSR count). The van der Waals surface area contributed by atoms with Gasteiger partial charge in [0.15, 0.2) is 62.8 Å².